The zero-order chi connectivity index (χ0) is 11.6. The van der Waals surface area contributed by atoms with E-state index in [1.807, 2.05) is 20.8 Å². The Morgan fingerprint density at radius 1 is 1.47 bits per heavy atom. The normalized spacial score (nSPS) is 27.1. The first-order chi connectivity index (χ1) is 6.83. The lowest BCUT2D eigenvalue weighted by Gasteiger charge is -2.22. The summed E-state index contributed by atoms with van der Waals surface area (Å²) < 4.78 is 13.4. The highest BCUT2D eigenvalue weighted by molar-refractivity contribution is 5.77. The lowest BCUT2D eigenvalue weighted by molar-refractivity contribution is -0.132. The van der Waals surface area contributed by atoms with Crippen LogP contribution in [0.5, 0.6) is 0 Å². The molecule has 0 radical (unpaired) electrons. The van der Waals surface area contributed by atoms with Gasteiger partial charge in [-0.1, -0.05) is 20.8 Å². The summed E-state index contributed by atoms with van der Waals surface area (Å²) in [5, 5.41) is 2.89. The van der Waals surface area contributed by atoms with Crippen LogP contribution in [0.2, 0.25) is 0 Å². The fraction of sp³-hybridized carbons (Fsp3) is 0.909. The van der Waals surface area contributed by atoms with Gasteiger partial charge in [0, 0.05) is 13.0 Å². The predicted molar refractivity (Wildman–Crippen MR) is 58.4 cm³/mol. The van der Waals surface area contributed by atoms with Gasteiger partial charge < -0.3 is 10.2 Å². The molecule has 0 bridgehead atoms. The molecule has 0 aromatic carbocycles. The minimum absolute atomic E-state index is 0.0272. The smallest absolute Gasteiger partial charge is 0.223 e. The van der Waals surface area contributed by atoms with E-state index in [2.05, 4.69) is 5.32 Å². The number of rotatable bonds is 2. The Kier molecular flexibility index (Phi) is 3.71. The Balaban J connectivity index is 2.50. The molecular weight excluding hydrogens is 195 g/mol. The molecule has 4 heteroatoms. The molecular formula is C11H21FN2O. The molecule has 1 heterocycles. The summed E-state index contributed by atoms with van der Waals surface area (Å²) in [6, 6.07) is -0.200. The number of carbonyl (C=O) groups excluding carboxylic acids is 1. The molecule has 0 saturated carbocycles. The van der Waals surface area contributed by atoms with E-state index in [0.29, 0.717) is 13.0 Å². The Labute approximate surface area is 91.0 Å². The SMILES string of the molecule is CN[C@@H]1CN(C(=O)CC(C)(C)C)C[C@@H]1F. The minimum Gasteiger partial charge on any atom is -0.338 e. The summed E-state index contributed by atoms with van der Waals surface area (Å²) >= 11 is 0. The van der Waals surface area contributed by atoms with Crippen LogP contribution >= 0.6 is 0 Å². The third-order valence-corrected chi connectivity index (χ3v) is 2.65. The number of halogens is 1. The zero-order valence-corrected chi connectivity index (χ0v) is 10.0. The number of nitrogens with one attached hydrogen (secondary N) is 1. The van der Waals surface area contributed by atoms with Crippen LogP contribution in [0, 0.1) is 5.41 Å². The van der Waals surface area contributed by atoms with E-state index in [1.54, 1.807) is 11.9 Å². The standard InChI is InChI=1S/C11H21FN2O/c1-11(2,3)5-10(15)14-6-8(12)9(7-14)13-4/h8-9,13H,5-7H2,1-4H3/t8-,9+/m0/s1. The van der Waals surface area contributed by atoms with E-state index in [4.69, 9.17) is 0 Å². The van der Waals surface area contributed by atoms with Crippen molar-refractivity contribution in [1.29, 1.82) is 0 Å². The van der Waals surface area contributed by atoms with Crippen LogP contribution in [0.3, 0.4) is 0 Å². The minimum atomic E-state index is -0.932. The summed E-state index contributed by atoms with van der Waals surface area (Å²) in [6.07, 6.45) is -0.449. The van der Waals surface area contributed by atoms with Gasteiger partial charge in [0.1, 0.15) is 6.17 Å². The molecule has 0 aromatic heterocycles. The molecule has 2 atom stereocenters. The molecule has 1 rings (SSSR count). The first kappa shape index (κ1) is 12.4. The lowest BCUT2D eigenvalue weighted by atomic mass is 9.92. The molecule has 15 heavy (non-hydrogen) atoms. The molecule has 1 aliphatic rings. The molecule has 0 spiro atoms. The maximum absolute atomic E-state index is 13.4. The Morgan fingerprint density at radius 3 is 2.47 bits per heavy atom. The van der Waals surface area contributed by atoms with Gasteiger partial charge >= 0.3 is 0 Å². The topological polar surface area (TPSA) is 32.3 Å². The van der Waals surface area contributed by atoms with Gasteiger partial charge in [-0.3, -0.25) is 4.79 Å². The summed E-state index contributed by atoms with van der Waals surface area (Å²) in [5.41, 5.74) is -0.0272. The number of likely N-dealkylation sites (tertiary alicyclic amines) is 1. The molecule has 1 N–H and O–H groups in total. The van der Waals surface area contributed by atoms with Gasteiger partial charge in [0.15, 0.2) is 0 Å². The monoisotopic (exact) mass is 216 g/mol. The van der Waals surface area contributed by atoms with Crippen molar-refractivity contribution in [2.45, 2.75) is 39.4 Å². The van der Waals surface area contributed by atoms with Crippen molar-refractivity contribution < 1.29 is 9.18 Å². The van der Waals surface area contributed by atoms with Crippen molar-refractivity contribution >= 4 is 5.91 Å². The van der Waals surface area contributed by atoms with E-state index in [0.717, 1.165) is 0 Å². The third kappa shape index (κ3) is 3.45. The number of amides is 1. The molecule has 88 valence electrons. The van der Waals surface area contributed by atoms with E-state index in [9.17, 15) is 9.18 Å². The van der Waals surface area contributed by atoms with Crippen LogP contribution in [-0.2, 0) is 4.79 Å². The second-order valence-corrected chi connectivity index (χ2v) is 5.45. The van der Waals surface area contributed by atoms with Crippen molar-refractivity contribution in [1.82, 2.24) is 10.2 Å². The first-order valence-electron chi connectivity index (χ1n) is 5.42. The number of alkyl halides is 1. The van der Waals surface area contributed by atoms with E-state index in [-0.39, 0.29) is 23.9 Å². The lowest BCUT2D eigenvalue weighted by Crippen LogP contribution is -2.36. The predicted octanol–water partition coefficient (Wildman–Crippen LogP) is 1.19. The highest BCUT2D eigenvalue weighted by Crippen LogP contribution is 2.22. The van der Waals surface area contributed by atoms with Crippen LogP contribution in [0.15, 0.2) is 0 Å². The van der Waals surface area contributed by atoms with Crippen molar-refractivity contribution in [2.75, 3.05) is 20.1 Å². The van der Waals surface area contributed by atoms with Gasteiger partial charge in [-0.05, 0) is 12.5 Å². The van der Waals surface area contributed by atoms with Gasteiger partial charge in [-0.25, -0.2) is 4.39 Å². The van der Waals surface area contributed by atoms with Crippen molar-refractivity contribution in [3.8, 4) is 0 Å². The number of carbonyl (C=O) groups is 1. The molecule has 3 nitrogen and oxygen atoms in total. The highest BCUT2D eigenvalue weighted by atomic mass is 19.1. The number of nitrogens with zero attached hydrogens (tertiary/aromatic N) is 1. The summed E-state index contributed by atoms with van der Waals surface area (Å²) in [4.78, 5) is 13.4. The van der Waals surface area contributed by atoms with Gasteiger partial charge in [0.25, 0.3) is 0 Å². The quantitative estimate of drug-likeness (QED) is 0.752. The molecule has 1 saturated heterocycles. The third-order valence-electron chi connectivity index (χ3n) is 2.65. The fourth-order valence-electron chi connectivity index (χ4n) is 1.81. The molecule has 1 amide bonds. The van der Waals surface area contributed by atoms with Crippen LogP contribution in [0.4, 0.5) is 4.39 Å². The van der Waals surface area contributed by atoms with Gasteiger partial charge in [-0.2, -0.15) is 0 Å². The summed E-state index contributed by atoms with van der Waals surface area (Å²) in [5.74, 6) is 0.0582. The first-order valence-corrected chi connectivity index (χ1v) is 5.42. The average Bonchev–Trinajstić information content (AvgIpc) is 2.43. The number of likely N-dealkylation sites (N-methyl/N-ethyl adjacent to an activating group) is 1. The maximum Gasteiger partial charge on any atom is 0.223 e. The van der Waals surface area contributed by atoms with Crippen molar-refractivity contribution in [2.24, 2.45) is 5.41 Å². The maximum atomic E-state index is 13.4. The van der Waals surface area contributed by atoms with E-state index in [1.165, 1.54) is 0 Å². The van der Waals surface area contributed by atoms with Crippen LogP contribution in [-0.4, -0.2) is 43.2 Å². The van der Waals surface area contributed by atoms with Crippen molar-refractivity contribution in [3.63, 3.8) is 0 Å². The van der Waals surface area contributed by atoms with Gasteiger partial charge in [0.2, 0.25) is 5.91 Å². The molecule has 0 aliphatic carbocycles. The van der Waals surface area contributed by atoms with E-state index < -0.39 is 6.17 Å². The van der Waals surface area contributed by atoms with Crippen LogP contribution < -0.4 is 5.32 Å². The summed E-state index contributed by atoms with van der Waals surface area (Å²) in [6.45, 7) is 6.78. The van der Waals surface area contributed by atoms with Gasteiger partial charge in [-0.15, -0.1) is 0 Å². The largest absolute Gasteiger partial charge is 0.338 e. The number of hydrogen-bond acceptors (Lipinski definition) is 2. The molecule has 1 aliphatic heterocycles. The Bertz CT molecular complexity index is 237. The van der Waals surface area contributed by atoms with Crippen LogP contribution in [0.25, 0.3) is 0 Å². The molecule has 0 aromatic rings. The Morgan fingerprint density at radius 2 is 2.07 bits per heavy atom. The second kappa shape index (κ2) is 4.47. The Hall–Kier alpha value is -0.640. The average molecular weight is 216 g/mol. The van der Waals surface area contributed by atoms with Crippen LogP contribution in [0.1, 0.15) is 27.2 Å². The van der Waals surface area contributed by atoms with Gasteiger partial charge in [0.05, 0.1) is 12.6 Å². The highest BCUT2D eigenvalue weighted by Gasteiger charge is 2.35. The number of hydrogen-bond donors (Lipinski definition) is 1. The second-order valence-electron chi connectivity index (χ2n) is 5.45. The summed E-state index contributed by atoms with van der Waals surface area (Å²) in [7, 11) is 1.73. The van der Waals surface area contributed by atoms with Crippen molar-refractivity contribution in [3.05, 3.63) is 0 Å². The zero-order valence-electron chi connectivity index (χ0n) is 10.0. The van der Waals surface area contributed by atoms with E-state index >= 15 is 0 Å². The molecule has 1 fully saturated rings. The molecule has 0 unspecified atom stereocenters. The fourth-order valence-corrected chi connectivity index (χ4v) is 1.81.